The second-order valence-electron chi connectivity index (χ2n) is 4.57. The predicted octanol–water partition coefficient (Wildman–Crippen LogP) is 3.17. The lowest BCUT2D eigenvalue weighted by Gasteiger charge is -2.17. The monoisotopic (exact) mass is 325 g/mol. The first kappa shape index (κ1) is 15.8. The van der Waals surface area contributed by atoms with Gasteiger partial charge < -0.3 is 4.74 Å². The first-order valence-corrected chi connectivity index (χ1v) is 8.10. The van der Waals surface area contributed by atoms with Crippen molar-refractivity contribution in [2.45, 2.75) is 11.4 Å². The molecular formula is C15H16ClNO3S. The Morgan fingerprint density at radius 2 is 1.81 bits per heavy atom. The second kappa shape index (κ2) is 6.47. The van der Waals surface area contributed by atoms with E-state index in [0.717, 1.165) is 11.3 Å². The molecule has 0 radical (unpaired) electrons. The maximum Gasteiger partial charge on any atom is 0.243 e. The molecule has 0 bridgehead atoms. The molecule has 0 aliphatic rings. The smallest absolute Gasteiger partial charge is 0.243 e. The van der Waals surface area contributed by atoms with E-state index in [-0.39, 0.29) is 11.4 Å². The van der Waals surface area contributed by atoms with Crippen LogP contribution in [-0.4, -0.2) is 26.9 Å². The van der Waals surface area contributed by atoms with Gasteiger partial charge in [-0.25, -0.2) is 8.42 Å². The van der Waals surface area contributed by atoms with Gasteiger partial charge in [-0.3, -0.25) is 0 Å². The number of rotatable bonds is 5. The van der Waals surface area contributed by atoms with Crippen LogP contribution in [0, 0.1) is 0 Å². The van der Waals surface area contributed by atoms with Crippen LogP contribution in [0.4, 0.5) is 0 Å². The van der Waals surface area contributed by atoms with Crippen LogP contribution < -0.4 is 4.74 Å². The van der Waals surface area contributed by atoms with Crippen molar-refractivity contribution in [1.82, 2.24) is 4.31 Å². The van der Waals surface area contributed by atoms with E-state index >= 15 is 0 Å². The normalized spacial score (nSPS) is 11.6. The highest BCUT2D eigenvalue weighted by Gasteiger charge is 2.21. The maximum absolute atomic E-state index is 12.5. The number of nitrogens with zero attached hydrogens (tertiary/aromatic N) is 1. The van der Waals surface area contributed by atoms with E-state index < -0.39 is 10.0 Å². The quantitative estimate of drug-likeness (QED) is 0.848. The Labute approximate surface area is 130 Å². The van der Waals surface area contributed by atoms with Gasteiger partial charge in [0.2, 0.25) is 10.0 Å². The molecule has 0 aromatic heterocycles. The highest BCUT2D eigenvalue weighted by molar-refractivity contribution is 7.89. The van der Waals surface area contributed by atoms with Crippen LogP contribution in [0.3, 0.4) is 0 Å². The van der Waals surface area contributed by atoms with Crippen molar-refractivity contribution in [3.63, 3.8) is 0 Å². The van der Waals surface area contributed by atoms with E-state index in [1.54, 1.807) is 38.4 Å². The summed E-state index contributed by atoms with van der Waals surface area (Å²) in [6.45, 7) is 0.277. The van der Waals surface area contributed by atoms with Crippen molar-refractivity contribution in [3.05, 3.63) is 59.1 Å². The van der Waals surface area contributed by atoms with Crippen molar-refractivity contribution in [2.24, 2.45) is 0 Å². The van der Waals surface area contributed by atoms with E-state index in [2.05, 4.69) is 0 Å². The van der Waals surface area contributed by atoms with Gasteiger partial charge in [0.15, 0.2) is 0 Å². The molecule has 0 aliphatic carbocycles. The second-order valence-corrected chi connectivity index (χ2v) is 7.05. The lowest BCUT2D eigenvalue weighted by atomic mass is 10.2. The van der Waals surface area contributed by atoms with Gasteiger partial charge >= 0.3 is 0 Å². The molecule has 2 rings (SSSR count). The molecule has 0 aliphatic heterocycles. The molecule has 0 amide bonds. The van der Waals surface area contributed by atoms with Gasteiger partial charge in [0, 0.05) is 18.6 Å². The van der Waals surface area contributed by atoms with Gasteiger partial charge in [-0.15, -0.1) is 0 Å². The fourth-order valence-corrected chi connectivity index (χ4v) is 3.34. The SMILES string of the molecule is COc1ccc(CN(C)S(=O)(=O)c2cccc(Cl)c2)cc1. The van der Waals surface area contributed by atoms with E-state index in [1.165, 1.54) is 16.4 Å². The summed E-state index contributed by atoms with van der Waals surface area (Å²) in [5.74, 6) is 0.735. The summed E-state index contributed by atoms with van der Waals surface area (Å²) in [5, 5.41) is 0.397. The average Bonchev–Trinajstić information content (AvgIpc) is 2.48. The zero-order valence-electron chi connectivity index (χ0n) is 11.8. The van der Waals surface area contributed by atoms with Crippen molar-refractivity contribution in [2.75, 3.05) is 14.2 Å². The number of hydrogen-bond acceptors (Lipinski definition) is 3. The Balaban J connectivity index is 2.20. The van der Waals surface area contributed by atoms with Crippen molar-refractivity contribution >= 4 is 21.6 Å². The summed E-state index contributed by atoms with van der Waals surface area (Å²) in [6, 6.07) is 13.5. The number of benzene rings is 2. The van der Waals surface area contributed by atoms with E-state index in [0.29, 0.717) is 5.02 Å². The Morgan fingerprint density at radius 1 is 1.14 bits per heavy atom. The van der Waals surface area contributed by atoms with Gasteiger partial charge in [-0.1, -0.05) is 29.8 Å². The third-order valence-corrected chi connectivity index (χ3v) is 5.10. The molecule has 0 fully saturated rings. The minimum absolute atomic E-state index is 0.186. The van der Waals surface area contributed by atoms with Crippen molar-refractivity contribution in [3.8, 4) is 5.75 Å². The Kier molecular flexibility index (Phi) is 4.88. The van der Waals surface area contributed by atoms with Gasteiger partial charge in [0.05, 0.1) is 12.0 Å². The molecule has 2 aromatic rings. The Hall–Kier alpha value is -1.56. The number of methoxy groups -OCH3 is 1. The van der Waals surface area contributed by atoms with E-state index in [9.17, 15) is 8.42 Å². The summed E-state index contributed by atoms with van der Waals surface area (Å²) in [4.78, 5) is 0.186. The van der Waals surface area contributed by atoms with Crippen LogP contribution in [-0.2, 0) is 16.6 Å². The molecule has 112 valence electrons. The molecular weight excluding hydrogens is 310 g/mol. The molecule has 0 saturated carbocycles. The van der Waals surface area contributed by atoms with Gasteiger partial charge in [-0.2, -0.15) is 4.31 Å². The molecule has 0 atom stereocenters. The summed E-state index contributed by atoms with van der Waals surface area (Å²) in [5.41, 5.74) is 0.879. The Morgan fingerprint density at radius 3 is 2.38 bits per heavy atom. The van der Waals surface area contributed by atoms with Crippen LogP contribution in [0.1, 0.15) is 5.56 Å². The topological polar surface area (TPSA) is 46.6 Å². The standard InChI is InChI=1S/C15H16ClNO3S/c1-17(11-12-6-8-14(20-2)9-7-12)21(18,19)15-5-3-4-13(16)10-15/h3-10H,11H2,1-2H3. The van der Waals surface area contributed by atoms with Gasteiger partial charge in [-0.05, 0) is 35.9 Å². The number of ether oxygens (including phenoxy) is 1. The Bertz CT molecular complexity index is 714. The number of hydrogen-bond donors (Lipinski definition) is 0. The molecule has 0 heterocycles. The molecule has 0 spiro atoms. The average molecular weight is 326 g/mol. The number of sulfonamides is 1. The van der Waals surface area contributed by atoms with Crippen LogP contribution in [0.25, 0.3) is 0 Å². The largest absolute Gasteiger partial charge is 0.497 e. The van der Waals surface area contributed by atoms with Crippen LogP contribution in [0.2, 0.25) is 5.02 Å². The van der Waals surface area contributed by atoms with Crippen LogP contribution in [0.15, 0.2) is 53.4 Å². The minimum atomic E-state index is -3.56. The first-order chi connectivity index (χ1) is 9.93. The third kappa shape index (κ3) is 3.75. The predicted molar refractivity (Wildman–Crippen MR) is 83.1 cm³/mol. The van der Waals surface area contributed by atoms with Crippen LogP contribution in [0.5, 0.6) is 5.75 Å². The fraction of sp³-hybridized carbons (Fsp3) is 0.200. The maximum atomic E-state index is 12.5. The lowest BCUT2D eigenvalue weighted by Crippen LogP contribution is -2.26. The third-order valence-electron chi connectivity index (χ3n) is 3.07. The minimum Gasteiger partial charge on any atom is -0.497 e. The molecule has 4 nitrogen and oxygen atoms in total. The fourth-order valence-electron chi connectivity index (χ4n) is 1.88. The summed E-state index contributed by atoms with van der Waals surface area (Å²) < 4.78 is 31.3. The molecule has 0 unspecified atom stereocenters. The summed E-state index contributed by atoms with van der Waals surface area (Å²) >= 11 is 5.85. The summed E-state index contributed by atoms with van der Waals surface area (Å²) in [6.07, 6.45) is 0. The molecule has 0 N–H and O–H groups in total. The molecule has 6 heteroatoms. The zero-order chi connectivity index (χ0) is 15.5. The lowest BCUT2D eigenvalue weighted by molar-refractivity contribution is 0.414. The van der Waals surface area contributed by atoms with Crippen molar-refractivity contribution in [1.29, 1.82) is 0 Å². The number of halogens is 1. The molecule has 21 heavy (non-hydrogen) atoms. The van der Waals surface area contributed by atoms with E-state index in [1.807, 2.05) is 12.1 Å². The molecule has 0 saturated heterocycles. The zero-order valence-corrected chi connectivity index (χ0v) is 13.4. The first-order valence-electron chi connectivity index (χ1n) is 6.28. The van der Waals surface area contributed by atoms with Crippen LogP contribution >= 0.6 is 11.6 Å². The van der Waals surface area contributed by atoms with Crippen molar-refractivity contribution < 1.29 is 13.2 Å². The van der Waals surface area contributed by atoms with Gasteiger partial charge in [0.25, 0.3) is 0 Å². The van der Waals surface area contributed by atoms with E-state index in [4.69, 9.17) is 16.3 Å². The highest BCUT2D eigenvalue weighted by Crippen LogP contribution is 2.21. The molecule has 2 aromatic carbocycles. The summed E-state index contributed by atoms with van der Waals surface area (Å²) in [7, 11) is -0.428. The highest BCUT2D eigenvalue weighted by atomic mass is 35.5. The van der Waals surface area contributed by atoms with Gasteiger partial charge in [0.1, 0.15) is 5.75 Å².